The zero-order valence-corrected chi connectivity index (χ0v) is 38.2. The quantitative estimate of drug-likeness (QED) is 0.0165. The van der Waals surface area contributed by atoms with Crippen LogP contribution in [-0.2, 0) is 74.6 Å². The van der Waals surface area contributed by atoms with Crippen molar-refractivity contribution in [3.8, 4) is 0 Å². The molecule has 0 saturated heterocycles. The van der Waals surface area contributed by atoms with E-state index in [0.29, 0.717) is 0 Å². The van der Waals surface area contributed by atoms with Crippen LogP contribution in [0, 0.1) is 46.0 Å². The van der Waals surface area contributed by atoms with Crippen LogP contribution in [0.2, 0.25) is 0 Å². The van der Waals surface area contributed by atoms with E-state index in [-0.39, 0.29) is 56.3 Å². The van der Waals surface area contributed by atoms with Crippen LogP contribution in [0.4, 0.5) is 0 Å². The van der Waals surface area contributed by atoms with Crippen LogP contribution in [0.5, 0.6) is 0 Å². The molecule has 419 valence electrons. The number of aliphatic carboxylic acids is 12. The first-order valence-electron chi connectivity index (χ1n) is 18.2. The summed E-state index contributed by atoms with van der Waals surface area (Å²) in [5.74, 6) is -14.7. The molecule has 0 rings (SSSR count). The molecule has 0 bridgehead atoms. The number of hydrogen-bond donors (Lipinski definition) is 12. The van der Waals surface area contributed by atoms with Crippen LogP contribution in [-0.4, -0.2) is 295 Å². The second-order valence-electron chi connectivity index (χ2n) is 12.7. The van der Waals surface area contributed by atoms with Gasteiger partial charge in [0.05, 0.1) is 93.8 Å². The molecule has 1 radical (unpaired) electrons. The second kappa shape index (κ2) is 47.2. The molecule has 0 saturated carbocycles. The van der Waals surface area contributed by atoms with Gasteiger partial charge in [-0.15, -0.1) is 0 Å². The summed E-state index contributed by atoms with van der Waals surface area (Å²) in [5, 5.41) is 148. The van der Waals surface area contributed by atoms with Gasteiger partial charge in [0.15, 0.2) is 0 Å². The molecular formula is C30H48FeN9O33. The van der Waals surface area contributed by atoms with Gasteiger partial charge in [0, 0.05) is 39.3 Å². The molecule has 0 spiro atoms. The van der Waals surface area contributed by atoms with Crippen LogP contribution in [0.3, 0.4) is 0 Å². The molecule has 0 aliphatic heterocycles. The summed E-state index contributed by atoms with van der Waals surface area (Å²) in [5.41, 5.74) is 0. The van der Waals surface area contributed by atoms with Gasteiger partial charge in [-0.25, -0.2) is 0 Å². The summed E-state index contributed by atoms with van der Waals surface area (Å²) >= 11 is 0. The first kappa shape index (κ1) is 78.7. The van der Waals surface area contributed by atoms with Crippen molar-refractivity contribution < 1.29 is 151 Å². The third-order valence-corrected chi connectivity index (χ3v) is 6.50. The topological polar surface area (TPSA) is 666 Å². The standard InChI is InChI=1S/3C10H16N2O8.Fe.3NO3/c3*13-7(14)3-11(4-8(15)16)1-2-12(5-9(17)18)6-10(19)20;;3*2-1(3)4/h3*1-6H2,(H,13,14)(H,15,16)(H,17,18)(H,19,20);;;;/q;;;+3;3*-1. The number of carbonyl (C=O) groups is 12. The minimum absolute atomic E-state index is 0. The average Bonchev–Trinajstić information content (AvgIpc) is 3.12. The van der Waals surface area contributed by atoms with Crippen molar-refractivity contribution in [2.24, 2.45) is 0 Å². The smallest absolute Gasteiger partial charge is 0.480 e. The first-order valence-corrected chi connectivity index (χ1v) is 18.2. The van der Waals surface area contributed by atoms with Crippen molar-refractivity contribution in [1.29, 1.82) is 0 Å². The van der Waals surface area contributed by atoms with E-state index in [1.165, 1.54) is 0 Å². The van der Waals surface area contributed by atoms with E-state index in [1.54, 1.807) is 0 Å². The van der Waals surface area contributed by atoms with Crippen LogP contribution in [0.15, 0.2) is 0 Å². The number of nitrogens with zero attached hydrogens (tertiary/aromatic N) is 9. The van der Waals surface area contributed by atoms with Gasteiger partial charge >= 0.3 is 88.7 Å². The fourth-order valence-corrected chi connectivity index (χ4v) is 4.43. The van der Waals surface area contributed by atoms with Crippen LogP contribution in [0.25, 0.3) is 0 Å². The average molecular weight is 1120 g/mol. The van der Waals surface area contributed by atoms with E-state index in [4.69, 9.17) is 107 Å². The molecule has 0 amide bonds. The van der Waals surface area contributed by atoms with Gasteiger partial charge in [-0.1, -0.05) is 0 Å². The van der Waals surface area contributed by atoms with Gasteiger partial charge in [-0.2, -0.15) is 0 Å². The van der Waals surface area contributed by atoms with Crippen molar-refractivity contribution in [3.63, 3.8) is 0 Å². The Bertz CT molecular complexity index is 1390. The molecule has 0 aromatic rings. The molecule has 0 aromatic carbocycles. The van der Waals surface area contributed by atoms with Gasteiger partial charge in [0.2, 0.25) is 0 Å². The third-order valence-electron chi connectivity index (χ3n) is 6.50. The predicted octanol–water partition coefficient (Wildman–Crippen LogP) is -6.93. The van der Waals surface area contributed by atoms with Crippen molar-refractivity contribution in [2.45, 2.75) is 0 Å². The van der Waals surface area contributed by atoms with Gasteiger partial charge in [-0.05, 0) is 0 Å². The van der Waals surface area contributed by atoms with Crippen molar-refractivity contribution in [3.05, 3.63) is 46.0 Å². The Morgan fingerprint density at radius 1 is 0.233 bits per heavy atom. The number of carboxylic acids is 12. The largest absolute Gasteiger partial charge is 3.00 e. The Hall–Kier alpha value is -8.48. The maximum absolute atomic E-state index is 10.6. The van der Waals surface area contributed by atoms with Crippen molar-refractivity contribution in [1.82, 2.24) is 29.4 Å². The molecule has 0 fully saturated rings. The van der Waals surface area contributed by atoms with Crippen LogP contribution >= 0.6 is 0 Å². The van der Waals surface area contributed by atoms with E-state index >= 15 is 0 Å². The maximum atomic E-state index is 10.6. The fourth-order valence-electron chi connectivity index (χ4n) is 4.43. The second-order valence-corrected chi connectivity index (χ2v) is 12.7. The van der Waals surface area contributed by atoms with E-state index < -0.39 is 165 Å². The summed E-state index contributed by atoms with van der Waals surface area (Å²) in [4.78, 5) is 158. The van der Waals surface area contributed by atoms with Crippen LogP contribution in [0.1, 0.15) is 0 Å². The van der Waals surface area contributed by atoms with Crippen molar-refractivity contribution >= 4 is 71.6 Å². The van der Waals surface area contributed by atoms with E-state index in [0.717, 1.165) is 29.4 Å². The van der Waals surface area contributed by atoms with E-state index in [9.17, 15) is 57.5 Å². The Kier molecular flexibility index (Phi) is 50.9. The van der Waals surface area contributed by atoms with E-state index in [2.05, 4.69) is 0 Å². The summed E-state index contributed by atoms with van der Waals surface area (Å²) in [6, 6.07) is 0. The van der Waals surface area contributed by atoms with Gasteiger partial charge in [0.25, 0.3) is 0 Å². The first-order chi connectivity index (χ1) is 32.8. The molecule has 0 atom stereocenters. The normalized spacial score (nSPS) is 9.78. The summed E-state index contributed by atoms with van der Waals surface area (Å²) in [6.07, 6.45) is 0. The van der Waals surface area contributed by atoms with Gasteiger partial charge in [-0.3, -0.25) is 86.9 Å². The molecule has 0 heterocycles. The van der Waals surface area contributed by atoms with E-state index in [1.807, 2.05) is 0 Å². The van der Waals surface area contributed by atoms with Gasteiger partial charge in [0.1, 0.15) is 0 Å². The molecule has 0 aromatic heterocycles. The maximum Gasteiger partial charge on any atom is 3.00 e. The Labute approximate surface area is 415 Å². The van der Waals surface area contributed by atoms with Crippen LogP contribution < -0.4 is 0 Å². The summed E-state index contributed by atoms with van der Waals surface area (Å²) in [7, 11) is 0. The minimum Gasteiger partial charge on any atom is -0.480 e. The molecule has 0 unspecified atom stereocenters. The SMILES string of the molecule is O=C(O)CN(CCN(CC(=O)O)CC(=O)O)CC(=O)O.O=C(O)CN(CCN(CC(=O)O)CC(=O)O)CC(=O)O.O=C(O)CN(CCN(CC(=O)O)CC(=O)O)CC(=O)O.O=[N+]([O-])[O-].O=[N+]([O-])[O-].O=[N+]([O-])[O-].[Fe+3]. The molecule has 42 nitrogen and oxygen atoms in total. The molecule has 73 heavy (non-hydrogen) atoms. The Balaban J connectivity index is -0.000000159. The zero-order chi connectivity index (χ0) is 57.9. The van der Waals surface area contributed by atoms with Gasteiger partial charge < -0.3 is 107 Å². The Morgan fingerprint density at radius 2 is 0.288 bits per heavy atom. The number of rotatable bonds is 33. The fraction of sp³-hybridized carbons (Fsp3) is 0.600. The molecule has 0 aliphatic carbocycles. The Morgan fingerprint density at radius 3 is 0.329 bits per heavy atom. The predicted molar refractivity (Wildman–Crippen MR) is 221 cm³/mol. The molecule has 43 heteroatoms. The molecule has 12 N–H and O–H groups in total. The molecule has 0 aliphatic rings. The van der Waals surface area contributed by atoms with Crippen molar-refractivity contribution in [2.75, 3.05) is 118 Å². The third kappa shape index (κ3) is 80.9. The molecular weight excluding hydrogens is 1070 g/mol. The number of hydrogen-bond acceptors (Lipinski definition) is 27. The summed E-state index contributed by atoms with van der Waals surface area (Å²) < 4.78 is 0. The zero-order valence-electron chi connectivity index (χ0n) is 37.0. The number of carboxylic acid groups (broad SMARTS) is 12. The summed E-state index contributed by atoms with van der Waals surface area (Å²) in [6.45, 7) is -6.75. The monoisotopic (exact) mass is 1120 g/mol. The minimum atomic E-state index is -1.75.